The van der Waals surface area contributed by atoms with Gasteiger partial charge >= 0.3 is 0 Å². The van der Waals surface area contributed by atoms with E-state index in [-0.39, 0.29) is 23.8 Å². The topological polar surface area (TPSA) is 53.9 Å². The zero-order valence-electron chi connectivity index (χ0n) is 15.0. The summed E-state index contributed by atoms with van der Waals surface area (Å²) in [6, 6.07) is 0. The van der Waals surface area contributed by atoms with E-state index in [0.29, 0.717) is 0 Å². The molecular weight excluding hydrogens is 302 g/mol. The number of piperazine rings is 1. The number of nitrogens with one attached hydrogen (secondary N) is 2. The summed E-state index contributed by atoms with van der Waals surface area (Å²) < 4.78 is 0. The molecule has 5 fully saturated rings. The van der Waals surface area contributed by atoms with Gasteiger partial charge in [0.15, 0.2) is 0 Å². The van der Waals surface area contributed by atoms with Crippen LogP contribution in [0.15, 0.2) is 0 Å². The standard InChI is InChI=1S/C19H31N3O2/c1-2-21-3-5-22(6-4-21)17(23)13-20-18(24)19-10-14-7-15(11-19)9-16(8-14)12-19/h14-16H,2-13H2,1H3,(H,20,24)/p+1. The summed E-state index contributed by atoms with van der Waals surface area (Å²) >= 11 is 0. The van der Waals surface area contributed by atoms with Gasteiger partial charge in [0.1, 0.15) is 0 Å². The molecule has 4 aliphatic carbocycles. The average molecular weight is 334 g/mol. The van der Waals surface area contributed by atoms with Crippen LogP contribution < -0.4 is 10.2 Å². The zero-order valence-corrected chi connectivity index (χ0v) is 15.0. The van der Waals surface area contributed by atoms with Crippen LogP contribution >= 0.6 is 0 Å². The van der Waals surface area contributed by atoms with Crippen molar-refractivity contribution in [3.8, 4) is 0 Å². The quantitative estimate of drug-likeness (QED) is 0.764. The Labute approximate surface area is 145 Å². The van der Waals surface area contributed by atoms with Gasteiger partial charge in [-0.2, -0.15) is 0 Å². The lowest BCUT2D eigenvalue weighted by molar-refractivity contribution is -0.902. The van der Waals surface area contributed by atoms with Crippen LogP contribution in [0, 0.1) is 23.2 Å². The fourth-order valence-corrected chi connectivity index (χ4v) is 6.27. The van der Waals surface area contributed by atoms with Crippen LogP contribution in [0.4, 0.5) is 0 Å². The predicted octanol–water partition coefficient (Wildman–Crippen LogP) is 0.0660. The van der Waals surface area contributed by atoms with Crippen molar-refractivity contribution in [3.05, 3.63) is 0 Å². The second kappa shape index (κ2) is 6.32. The largest absolute Gasteiger partial charge is 0.347 e. The van der Waals surface area contributed by atoms with E-state index in [2.05, 4.69) is 12.2 Å². The lowest BCUT2D eigenvalue weighted by Crippen LogP contribution is -3.14. The molecule has 1 heterocycles. The minimum absolute atomic E-state index is 0.100. The predicted molar refractivity (Wildman–Crippen MR) is 91.4 cm³/mol. The number of likely N-dealkylation sites (N-methyl/N-ethyl adjacent to an activating group) is 1. The Morgan fingerprint density at radius 3 is 2.08 bits per heavy atom. The van der Waals surface area contributed by atoms with E-state index < -0.39 is 0 Å². The summed E-state index contributed by atoms with van der Waals surface area (Å²) in [5.74, 6) is 2.57. The lowest BCUT2D eigenvalue weighted by Gasteiger charge is -2.55. The van der Waals surface area contributed by atoms with Gasteiger partial charge in [0.05, 0.1) is 39.3 Å². The van der Waals surface area contributed by atoms with Gasteiger partial charge in [-0.05, 0) is 63.2 Å². The highest BCUT2D eigenvalue weighted by Gasteiger charge is 2.54. The Morgan fingerprint density at radius 1 is 1.04 bits per heavy atom. The minimum atomic E-state index is -0.139. The van der Waals surface area contributed by atoms with E-state index in [1.54, 1.807) is 4.90 Å². The van der Waals surface area contributed by atoms with Crippen LogP contribution in [-0.4, -0.2) is 56.0 Å². The molecular formula is C19H32N3O2+. The van der Waals surface area contributed by atoms with Gasteiger partial charge in [-0.3, -0.25) is 9.59 Å². The van der Waals surface area contributed by atoms with Gasteiger partial charge in [0, 0.05) is 5.41 Å². The summed E-state index contributed by atoms with van der Waals surface area (Å²) in [5, 5.41) is 3.03. The van der Waals surface area contributed by atoms with E-state index >= 15 is 0 Å². The summed E-state index contributed by atoms with van der Waals surface area (Å²) in [4.78, 5) is 28.8. The molecule has 0 radical (unpaired) electrons. The van der Waals surface area contributed by atoms with Gasteiger partial charge < -0.3 is 15.1 Å². The van der Waals surface area contributed by atoms with Crippen molar-refractivity contribution in [2.24, 2.45) is 23.2 Å². The molecule has 134 valence electrons. The van der Waals surface area contributed by atoms with E-state index in [9.17, 15) is 9.59 Å². The summed E-state index contributed by atoms with van der Waals surface area (Å²) in [7, 11) is 0. The molecule has 4 saturated carbocycles. The molecule has 2 amide bonds. The number of amides is 2. The molecule has 5 nitrogen and oxygen atoms in total. The molecule has 0 unspecified atom stereocenters. The van der Waals surface area contributed by atoms with Gasteiger partial charge in [-0.25, -0.2) is 0 Å². The zero-order chi connectivity index (χ0) is 16.7. The molecule has 4 bridgehead atoms. The molecule has 0 aromatic heterocycles. The first kappa shape index (κ1) is 16.4. The maximum atomic E-state index is 12.9. The highest BCUT2D eigenvalue weighted by molar-refractivity contribution is 5.88. The van der Waals surface area contributed by atoms with Crippen molar-refractivity contribution in [3.63, 3.8) is 0 Å². The summed E-state index contributed by atoms with van der Waals surface area (Å²) in [6.45, 7) is 7.24. The van der Waals surface area contributed by atoms with Crippen molar-refractivity contribution < 1.29 is 14.5 Å². The Balaban J connectivity index is 1.30. The van der Waals surface area contributed by atoms with Crippen LogP contribution in [-0.2, 0) is 9.59 Å². The van der Waals surface area contributed by atoms with E-state index in [0.717, 1.165) is 69.7 Å². The molecule has 0 aromatic carbocycles. The number of quaternary nitrogens is 1. The van der Waals surface area contributed by atoms with E-state index in [1.165, 1.54) is 19.3 Å². The monoisotopic (exact) mass is 334 g/mol. The molecule has 1 aliphatic heterocycles. The van der Waals surface area contributed by atoms with Crippen molar-refractivity contribution >= 4 is 11.8 Å². The van der Waals surface area contributed by atoms with Gasteiger partial charge in [-0.1, -0.05) is 0 Å². The first-order chi connectivity index (χ1) is 11.6. The average Bonchev–Trinajstić information content (AvgIpc) is 2.58. The SMILES string of the molecule is CC[NH+]1CCN(C(=O)CNC(=O)C23CC4CC(CC(C4)C2)C3)CC1. The Kier molecular flexibility index (Phi) is 4.31. The first-order valence-corrected chi connectivity index (χ1v) is 9.97. The second-order valence-corrected chi connectivity index (χ2v) is 8.86. The lowest BCUT2D eigenvalue weighted by atomic mass is 9.49. The normalized spacial score (nSPS) is 38.4. The maximum Gasteiger partial charge on any atom is 0.242 e. The van der Waals surface area contributed by atoms with Gasteiger partial charge in [0.2, 0.25) is 11.8 Å². The molecule has 5 heteroatoms. The van der Waals surface area contributed by atoms with Gasteiger partial charge in [-0.15, -0.1) is 0 Å². The van der Waals surface area contributed by atoms with Crippen LogP contribution in [0.3, 0.4) is 0 Å². The van der Waals surface area contributed by atoms with E-state index in [4.69, 9.17) is 0 Å². The second-order valence-electron chi connectivity index (χ2n) is 8.86. The highest BCUT2D eigenvalue weighted by Crippen LogP contribution is 2.60. The minimum Gasteiger partial charge on any atom is -0.347 e. The third-order valence-electron chi connectivity index (χ3n) is 7.24. The number of nitrogens with zero attached hydrogens (tertiary/aromatic N) is 1. The van der Waals surface area contributed by atoms with Crippen molar-refractivity contribution in [1.82, 2.24) is 10.2 Å². The van der Waals surface area contributed by atoms with Crippen LogP contribution in [0.25, 0.3) is 0 Å². The van der Waals surface area contributed by atoms with Crippen molar-refractivity contribution in [1.29, 1.82) is 0 Å². The number of hydrogen-bond acceptors (Lipinski definition) is 2. The Bertz CT molecular complexity index is 475. The Hall–Kier alpha value is -1.10. The molecule has 0 aromatic rings. The Morgan fingerprint density at radius 2 is 1.58 bits per heavy atom. The van der Waals surface area contributed by atoms with E-state index in [1.807, 2.05) is 4.90 Å². The molecule has 24 heavy (non-hydrogen) atoms. The third-order valence-corrected chi connectivity index (χ3v) is 7.24. The molecule has 0 spiro atoms. The third kappa shape index (κ3) is 2.96. The van der Waals surface area contributed by atoms with Crippen LogP contribution in [0.2, 0.25) is 0 Å². The molecule has 5 rings (SSSR count). The number of carbonyl (C=O) groups is 2. The molecule has 2 N–H and O–H groups in total. The fraction of sp³-hybridized carbons (Fsp3) is 0.895. The number of carbonyl (C=O) groups excluding carboxylic acids is 2. The highest BCUT2D eigenvalue weighted by atomic mass is 16.2. The summed E-state index contributed by atoms with van der Waals surface area (Å²) in [6.07, 6.45) is 7.23. The number of rotatable bonds is 4. The van der Waals surface area contributed by atoms with Crippen molar-refractivity contribution in [2.75, 3.05) is 39.3 Å². The maximum absolute atomic E-state index is 12.9. The van der Waals surface area contributed by atoms with Crippen LogP contribution in [0.5, 0.6) is 0 Å². The number of hydrogen-bond donors (Lipinski definition) is 2. The molecule has 1 saturated heterocycles. The fourth-order valence-electron chi connectivity index (χ4n) is 6.27. The molecule has 5 aliphatic rings. The summed E-state index contributed by atoms with van der Waals surface area (Å²) in [5.41, 5.74) is -0.139. The first-order valence-electron chi connectivity index (χ1n) is 9.97. The smallest absolute Gasteiger partial charge is 0.242 e. The van der Waals surface area contributed by atoms with Gasteiger partial charge in [0.25, 0.3) is 0 Å². The molecule has 0 atom stereocenters. The van der Waals surface area contributed by atoms with Crippen molar-refractivity contribution in [2.45, 2.75) is 45.4 Å². The van der Waals surface area contributed by atoms with Crippen LogP contribution in [0.1, 0.15) is 45.4 Å².